The molecule has 5 bridgehead atoms. The van der Waals surface area contributed by atoms with E-state index in [2.05, 4.69) is 5.32 Å². The third-order valence-corrected chi connectivity index (χ3v) is 8.06. The fourth-order valence-electron chi connectivity index (χ4n) is 6.00. The Morgan fingerprint density at radius 1 is 1.15 bits per heavy atom. The van der Waals surface area contributed by atoms with Crippen LogP contribution in [0.2, 0.25) is 5.02 Å². The number of para-hydroxylation sites is 1. The molecule has 4 heterocycles. The first-order valence-electron chi connectivity index (χ1n) is 13.2. The first-order valence-corrected chi connectivity index (χ1v) is 13.6. The molecular formula is C28H32ClN3O7. The molecule has 0 aliphatic carbocycles. The predicted molar refractivity (Wildman–Crippen MR) is 142 cm³/mol. The van der Waals surface area contributed by atoms with Crippen LogP contribution in [-0.4, -0.2) is 83.8 Å². The Morgan fingerprint density at radius 3 is 2.72 bits per heavy atom. The number of cyclic esters (lactones) is 1. The lowest BCUT2D eigenvalue weighted by molar-refractivity contribution is -0.158. The number of hydrogen-bond acceptors (Lipinski definition) is 7. The van der Waals surface area contributed by atoms with Gasteiger partial charge < -0.3 is 29.7 Å². The molecule has 2 N–H and O–H groups in total. The molecule has 1 aromatic rings. The highest BCUT2D eigenvalue weighted by atomic mass is 35.5. The van der Waals surface area contributed by atoms with Crippen molar-refractivity contribution in [2.75, 3.05) is 31.1 Å². The zero-order valence-electron chi connectivity index (χ0n) is 21.6. The maximum Gasteiger partial charge on any atom is 0.313 e. The van der Waals surface area contributed by atoms with E-state index in [9.17, 15) is 24.3 Å². The van der Waals surface area contributed by atoms with Gasteiger partial charge in [0.1, 0.15) is 23.7 Å². The summed E-state index contributed by atoms with van der Waals surface area (Å²) in [6.45, 7) is 1.88. The zero-order valence-corrected chi connectivity index (χ0v) is 22.4. The zero-order chi connectivity index (χ0) is 27.7. The minimum absolute atomic E-state index is 0.113. The van der Waals surface area contributed by atoms with E-state index < -0.39 is 53.5 Å². The van der Waals surface area contributed by atoms with Crippen LogP contribution in [0.5, 0.6) is 0 Å². The van der Waals surface area contributed by atoms with Crippen LogP contribution in [-0.2, 0) is 28.7 Å². The topological polar surface area (TPSA) is 125 Å². The van der Waals surface area contributed by atoms with Crippen molar-refractivity contribution in [3.05, 3.63) is 53.6 Å². The second-order valence-corrected chi connectivity index (χ2v) is 10.7. The highest BCUT2D eigenvalue weighted by Crippen LogP contribution is 2.55. The first kappa shape index (κ1) is 27.4. The Morgan fingerprint density at radius 2 is 1.95 bits per heavy atom. The molecule has 0 unspecified atom stereocenters. The lowest BCUT2D eigenvalue weighted by atomic mass is 9.74. The molecule has 2 saturated heterocycles. The molecule has 0 radical (unpaired) electrons. The summed E-state index contributed by atoms with van der Waals surface area (Å²) in [5, 5.41) is 12.7. The summed E-state index contributed by atoms with van der Waals surface area (Å²) in [7, 11) is 0. The van der Waals surface area contributed by atoms with Crippen molar-refractivity contribution in [1.29, 1.82) is 0 Å². The Labute approximate surface area is 231 Å². The maximum atomic E-state index is 14.5. The first-order chi connectivity index (χ1) is 18.8. The molecule has 11 heteroatoms. The van der Waals surface area contributed by atoms with Crippen LogP contribution in [0.1, 0.15) is 26.2 Å². The maximum absolute atomic E-state index is 14.5. The van der Waals surface area contributed by atoms with Crippen molar-refractivity contribution in [3.8, 4) is 0 Å². The van der Waals surface area contributed by atoms with Crippen molar-refractivity contribution in [3.63, 3.8) is 0 Å². The number of aliphatic hydroxyl groups excluding tert-OH is 1. The monoisotopic (exact) mass is 557 g/mol. The average molecular weight is 558 g/mol. The molecule has 4 aliphatic heterocycles. The molecule has 1 spiro atoms. The van der Waals surface area contributed by atoms with E-state index in [-0.39, 0.29) is 45.0 Å². The summed E-state index contributed by atoms with van der Waals surface area (Å²) in [5.41, 5.74) is -0.910. The van der Waals surface area contributed by atoms with Crippen molar-refractivity contribution in [2.24, 2.45) is 11.8 Å². The molecule has 10 nitrogen and oxygen atoms in total. The van der Waals surface area contributed by atoms with Crippen LogP contribution in [0.4, 0.5) is 5.69 Å². The van der Waals surface area contributed by atoms with E-state index >= 15 is 0 Å². The molecule has 0 aromatic heterocycles. The lowest BCUT2D eigenvalue weighted by Crippen LogP contribution is -2.56. The van der Waals surface area contributed by atoms with Crippen molar-refractivity contribution >= 4 is 41.0 Å². The lowest BCUT2D eigenvalue weighted by Gasteiger charge is -2.36. The number of fused-ring (bicyclic) bond motifs is 2. The van der Waals surface area contributed by atoms with Gasteiger partial charge in [0.25, 0.3) is 5.91 Å². The Bertz CT molecular complexity index is 1220. The molecule has 0 saturated carbocycles. The molecule has 3 amide bonds. The number of anilines is 1. The average Bonchev–Trinajstić information content (AvgIpc) is 3.55. The third-order valence-electron chi connectivity index (χ3n) is 7.74. The Balaban J connectivity index is 1.59. The highest BCUT2D eigenvalue weighted by molar-refractivity contribution is 6.34. The number of likely N-dealkylation sites (tertiary alicyclic amines) is 1. The largest absolute Gasteiger partial charge is 0.460 e. The van der Waals surface area contributed by atoms with Crippen molar-refractivity contribution in [1.82, 2.24) is 10.2 Å². The summed E-state index contributed by atoms with van der Waals surface area (Å²) in [5.74, 6) is -3.53. The predicted octanol–water partition coefficient (Wildman–Crippen LogP) is 1.60. The van der Waals surface area contributed by atoms with Crippen LogP contribution >= 0.6 is 11.6 Å². The minimum Gasteiger partial charge on any atom is -0.460 e. The minimum atomic E-state index is -1.37. The fraction of sp³-hybridized carbons (Fsp3) is 0.500. The number of carbonyl (C=O) groups is 4. The number of allylic oxidation sites excluding steroid dienone is 1. The smallest absolute Gasteiger partial charge is 0.313 e. The number of nitrogens with one attached hydrogen (secondary N) is 1. The van der Waals surface area contributed by atoms with E-state index in [4.69, 9.17) is 21.1 Å². The number of amides is 3. The number of hydrogen-bond donors (Lipinski definition) is 2. The summed E-state index contributed by atoms with van der Waals surface area (Å²) in [6, 6.07) is 5.84. The van der Waals surface area contributed by atoms with Gasteiger partial charge in [-0.2, -0.15) is 0 Å². The van der Waals surface area contributed by atoms with E-state index in [0.29, 0.717) is 17.1 Å². The van der Waals surface area contributed by atoms with Gasteiger partial charge in [-0.05, 0) is 31.9 Å². The van der Waals surface area contributed by atoms with E-state index in [1.54, 1.807) is 49.4 Å². The van der Waals surface area contributed by atoms with Crippen LogP contribution in [0.3, 0.4) is 0 Å². The normalized spacial score (nSPS) is 33.8. The van der Waals surface area contributed by atoms with Gasteiger partial charge in [0.15, 0.2) is 0 Å². The van der Waals surface area contributed by atoms with Gasteiger partial charge in [0.2, 0.25) is 11.8 Å². The van der Waals surface area contributed by atoms with E-state index in [0.717, 1.165) is 0 Å². The van der Waals surface area contributed by atoms with Crippen LogP contribution < -0.4 is 10.2 Å². The third kappa shape index (κ3) is 4.85. The van der Waals surface area contributed by atoms with Crippen LogP contribution in [0.25, 0.3) is 0 Å². The molecule has 6 atom stereocenters. The molecular weight excluding hydrogens is 526 g/mol. The number of ether oxygens (including phenoxy) is 2. The van der Waals surface area contributed by atoms with Crippen LogP contribution in [0.15, 0.2) is 48.6 Å². The SMILES string of the molecule is C[C@@H]1CNC(=O)CC/C=C\CN(c2ccccc2Cl)C(=O)[C@@H]2N(CCCO)C(=O)[C@H]3[C@H](C(=O)O1)[C@@H]1C=C[C@]23O1. The van der Waals surface area contributed by atoms with Gasteiger partial charge in [-0.25, -0.2) is 0 Å². The highest BCUT2D eigenvalue weighted by Gasteiger charge is 2.73. The van der Waals surface area contributed by atoms with Gasteiger partial charge in [-0.3, -0.25) is 19.2 Å². The van der Waals surface area contributed by atoms with Gasteiger partial charge in [0.05, 0.1) is 29.3 Å². The second-order valence-electron chi connectivity index (χ2n) is 10.3. The Kier molecular flexibility index (Phi) is 7.80. The number of aliphatic hydroxyl groups is 1. The van der Waals surface area contributed by atoms with Crippen molar-refractivity contribution in [2.45, 2.75) is 50.0 Å². The summed E-state index contributed by atoms with van der Waals surface area (Å²) < 4.78 is 12.0. The van der Waals surface area contributed by atoms with E-state index in [1.165, 1.54) is 9.80 Å². The molecule has 4 aliphatic rings. The standard InChI is InChI=1S/C28H32ClN3O7/c1-17-16-30-21(34)10-3-2-6-13-31(19-9-5-4-8-18(19)29)26(36)24-28-12-11-20(39-28)22(27(37)38-17)23(28)25(35)32(24)14-7-15-33/h2,4-6,8-9,11-12,17,20,22-24,33H,3,7,10,13-16H2,1H3,(H,30,34)/b6-2-/t17-,20+,22-,23-,24+,28-/m1/s1. The second kappa shape index (κ2) is 11.1. The number of esters is 1. The molecule has 208 valence electrons. The number of nitrogens with zero attached hydrogens (tertiary/aromatic N) is 2. The van der Waals surface area contributed by atoms with Crippen LogP contribution in [0, 0.1) is 11.8 Å². The fourth-order valence-corrected chi connectivity index (χ4v) is 6.24. The summed E-state index contributed by atoms with van der Waals surface area (Å²) >= 11 is 6.52. The number of halogens is 1. The van der Waals surface area contributed by atoms with E-state index in [1.807, 2.05) is 6.08 Å². The number of rotatable bonds is 4. The quantitative estimate of drug-likeness (QED) is 0.425. The molecule has 39 heavy (non-hydrogen) atoms. The van der Waals surface area contributed by atoms with Gasteiger partial charge in [-0.1, -0.05) is 48.0 Å². The van der Waals surface area contributed by atoms with Gasteiger partial charge in [0, 0.05) is 26.1 Å². The molecule has 1 aromatic carbocycles. The summed E-state index contributed by atoms with van der Waals surface area (Å²) in [4.78, 5) is 57.0. The van der Waals surface area contributed by atoms with Crippen molar-refractivity contribution < 1.29 is 33.8 Å². The molecule has 2 fully saturated rings. The molecule has 5 rings (SSSR count). The number of carbonyl (C=O) groups excluding carboxylic acids is 4. The van der Waals surface area contributed by atoms with Gasteiger partial charge >= 0.3 is 5.97 Å². The summed E-state index contributed by atoms with van der Waals surface area (Å²) in [6.07, 6.45) is 6.62. The van der Waals surface area contributed by atoms with Gasteiger partial charge in [-0.15, -0.1) is 0 Å². The number of benzene rings is 1. The Hall–Kier alpha value is -3.21.